The minimum absolute atomic E-state index is 0.00322. The Labute approximate surface area is 294 Å². The summed E-state index contributed by atoms with van der Waals surface area (Å²) in [6.45, 7) is 4.27. The van der Waals surface area contributed by atoms with Crippen LogP contribution in [-0.4, -0.2) is 70.5 Å². The van der Waals surface area contributed by atoms with Crippen molar-refractivity contribution >= 4 is 34.9 Å². The van der Waals surface area contributed by atoms with E-state index >= 15 is 8.78 Å². The van der Waals surface area contributed by atoms with E-state index in [0.717, 1.165) is 24.8 Å². The van der Waals surface area contributed by atoms with Crippen LogP contribution in [0.1, 0.15) is 43.7 Å². The highest BCUT2D eigenvalue weighted by molar-refractivity contribution is 6.36. The number of pyridine rings is 3. The number of carbonyl (C=O) groups is 2. The van der Waals surface area contributed by atoms with Crippen LogP contribution < -0.4 is 26.0 Å². The number of rotatable bonds is 12. The summed E-state index contributed by atoms with van der Waals surface area (Å²) >= 11 is 6.80. The molecule has 2 aliphatic heterocycles. The fourth-order valence-electron chi connectivity index (χ4n) is 6.27. The number of piperidine rings is 1. The van der Waals surface area contributed by atoms with E-state index < -0.39 is 11.6 Å². The summed E-state index contributed by atoms with van der Waals surface area (Å²) in [4.78, 5) is 38.0. The molecular weight excluding hydrogens is 666 g/mol. The van der Waals surface area contributed by atoms with Gasteiger partial charge in [0.1, 0.15) is 5.69 Å². The molecule has 14 heteroatoms. The van der Waals surface area contributed by atoms with Crippen LogP contribution in [-0.2, 0) is 22.7 Å². The van der Waals surface area contributed by atoms with Gasteiger partial charge in [0.2, 0.25) is 17.7 Å². The summed E-state index contributed by atoms with van der Waals surface area (Å²) in [6, 6.07) is 11.9. The molecule has 50 heavy (non-hydrogen) atoms. The normalized spacial score (nSPS) is 16.4. The Morgan fingerprint density at radius 3 is 2.54 bits per heavy atom. The molecule has 2 saturated heterocycles. The molecule has 2 aliphatic rings. The molecule has 0 saturated carbocycles. The zero-order valence-corrected chi connectivity index (χ0v) is 28.6. The standard InChI is InChI=1S/C36H39ClF2N8O3/c1-21(48)47-16-12-24(13-17-47)43-19-22-10-14-42-35(32(22)38)45-29-5-3-4-27(31(29)37)34-33(39)26(11-15-41-34)28-8-6-23(36(46-28)50-2)18-40-20-25-7-9-30(49)44-25/h3-6,8,10-11,14-15,24-25,40,43H,7,9,12-13,16-20H2,1-2H3,(H,42,45)(H,44,49)/t25-/m0/s1. The second-order valence-electron chi connectivity index (χ2n) is 12.4. The van der Waals surface area contributed by atoms with E-state index in [-0.39, 0.29) is 46.0 Å². The number of nitrogens with one attached hydrogen (secondary N) is 4. The molecule has 0 aliphatic carbocycles. The number of ether oxygens (including phenoxy) is 1. The minimum Gasteiger partial charge on any atom is -0.481 e. The maximum Gasteiger partial charge on any atom is 0.220 e. The summed E-state index contributed by atoms with van der Waals surface area (Å²) < 4.78 is 37.3. The van der Waals surface area contributed by atoms with Crippen LogP contribution in [0.3, 0.4) is 0 Å². The van der Waals surface area contributed by atoms with Gasteiger partial charge in [-0.25, -0.2) is 18.7 Å². The van der Waals surface area contributed by atoms with Crippen LogP contribution >= 0.6 is 11.6 Å². The van der Waals surface area contributed by atoms with E-state index in [1.807, 2.05) is 11.0 Å². The second kappa shape index (κ2) is 15.9. The first kappa shape index (κ1) is 35.1. The van der Waals surface area contributed by atoms with Gasteiger partial charge in [-0.15, -0.1) is 0 Å². The van der Waals surface area contributed by atoms with E-state index in [9.17, 15) is 9.59 Å². The number of hydrogen-bond acceptors (Lipinski definition) is 9. The zero-order chi connectivity index (χ0) is 35.2. The van der Waals surface area contributed by atoms with Crippen molar-refractivity contribution in [2.24, 2.45) is 0 Å². The fraction of sp³-hybridized carbons (Fsp3) is 0.361. The highest BCUT2D eigenvalue weighted by Crippen LogP contribution is 2.38. The summed E-state index contributed by atoms with van der Waals surface area (Å²) in [5.41, 5.74) is 2.40. The lowest BCUT2D eigenvalue weighted by molar-refractivity contribution is -0.130. The Morgan fingerprint density at radius 2 is 1.80 bits per heavy atom. The molecule has 2 fully saturated rings. The SMILES string of the molecule is COc1nc(-c2ccnc(-c3cccc(Nc4nccc(CNC5CCN(C(C)=O)CC5)c4F)c3Cl)c2F)ccc1CNC[C@@H]1CCC(=O)N1. The van der Waals surface area contributed by atoms with Crippen molar-refractivity contribution < 1.29 is 23.1 Å². The topological polar surface area (TPSA) is 133 Å². The van der Waals surface area contributed by atoms with Crippen LogP contribution in [0.2, 0.25) is 5.02 Å². The molecule has 0 spiro atoms. The molecule has 6 rings (SSSR count). The number of methoxy groups -OCH3 is 1. The summed E-state index contributed by atoms with van der Waals surface area (Å²) in [5, 5.41) is 12.8. The van der Waals surface area contributed by atoms with Gasteiger partial charge in [0.15, 0.2) is 17.5 Å². The Morgan fingerprint density at radius 1 is 1.00 bits per heavy atom. The average molecular weight is 705 g/mol. The lowest BCUT2D eigenvalue weighted by Crippen LogP contribution is -2.44. The minimum atomic E-state index is -0.629. The summed E-state index contributed by atoms with van der Waals surface area (Å²) in [7, 11) is 1.50. The first-order valence-corrected chi connectivity index (χ1v) is 17.0. The van der Waals surface area contributed by atoms with Crippen molar-refractivity contribution in [3.63, 3.8) is 0 Å². The lowest BCUT2D eigenvalue weighted by atomic mass is 10.0. The number of carbonyl (C=O) groups excluding carboxylic acids is 2. The van der Waals surface area contributed by atoms with Crippen LogP contribution in [0, 0.1) is 11.6 Å². The Balaban J connectivity index is 1.16. The number of benzene rings is 1. The maximum atomic E-state index is 16.2. The maximum absolute atomic E-state index is 16.2. The number of nitrogens with zero attached hydrogens (tertiary/aromatic N) is 4. The first-order valence-electron chi connectivity index (χ1n) is 16.6. The van der Waals surface area contributed by atoms with Crippen molar-refractivity contribution in [2.45, 2.75) is 57.8 Å². The van der Waals surface area contributed by atoms with Crippen LogP contribution in [0.25, 0.3) is 22.5 Å². The Bertz CT molecular complexity index is 1870. The number of amides is 2. The fourth-order valence-corrected chi connectivity index (χ4v) is 6.53. The number of anilines is 2. The summed E-state index contributed by atoms with van der Waals surface area (Å²) in [5.74, 6) is -0.708. The van der Waals surface area contributed by atoms with Gasteiger partial charge < -0.3 is 30.9 Å². The van der Waals surface area contributed by atoms with Crippen LogP contribution in [0.4, 0.5) is 20.3 Å². The van der Waals surface area contributed by atoms with Crippen molar-refractivity contribution in [1.82, 2.24) is 35.8 Å². The first-order chi connectivity index (χ1) is 24.2. The number of halogens is 3. The highest BCUT2D eigenvalue weighted by Gasteiger charge is 2.23. The second-order valence-corrected chi connectivity index (χ2v) is 12.8. The van der Waals surface area contributed by atoms with Gasteiger partial charge in [0.25, 0.3) is 0 Å². The van der Waals surface area contributed by atoms with Gasteiger partial charge in [-0.1, -0.05) is 29.8 Å². The molecule has 1 atom stereocenters. The van der Waals surface area contributed by atoms with Crippen molar-refractivity contribution in [3.05, 3.63) is 82.6 Å². The van der Waals surface area contributed by atoms with Crippen LogP contribution in [0.15, 0.2) is 54.9 Å². The Kier molecular flexibility index (Phi) is 11.2. The Hall–Kier alpha value is -4.72. The molecule has 2 amide bonds. The van der Waals surface area contributed by atoms with Gasteiger partial charge in [0, 0.05) is 92.8 Å². The molecule has 0 unspecified atom stereocenters. The summed E-state index contributed by atoms with van der Waals surface area (Å²) in [6.07, 6.45) is 5.90. The molecule has 1 aromatic carbocycles. The zero-order valence-electron chi connectivity index (χ0n) is 27.9. The quantitative estimate of drug-likeness (QED) is 0.154. The predicted octanol–water partition coefficient (Wildman–Crippen LogP) is 5.36. The van der Waals surface area contributed by atoms with Gasteiger partial charge in [-0.05, 0) is 43.5 Å². The molecule has 11 nitrogen and oxygen atoms in total. The van der Waals surface area contributed by atoms with Crippen molar-refractivity contribution in [3.8, 4) is 28.4 Å². The molecule has 4 N–H and O–H groups in total. The molecule has 0 bridgehead atoms. The van der Waals surface area contributed by atoms with Gasteiger partial charge in [-0.3, -0.25) is 14.6 Å². The average Bonchev–Trinajstić information content (AvgIpc) is 3.54. The van der Waals surface area contributed by atoms with Gasteiger partial charge in [-0.2, -0.15) is 0 Å². The molecular formula is C36H39ClF2N8O3. The molecule has 3 aromatic heterocycles. The van der Waals surface area contributed by atoms with Gasteiger partial charge >= 0.3 is 0 Å². The largest absolute Gasteiger partial charge is 0.481 e. The molecule has 262 valence electrons. The van der Waals surface area contributed by atoms with E-state index in [1.165, 1.54) is 25.6 Å². The number of aromatic nitrogens is 3. The van der Waals surface area contributed by atoms with Crippen molar-refractivity contribution in [1.29, 1.82) is 0 Å². The third-order valence-corrected chi connectivity index (χ3v) is 9.49. The monoisotopic (exact) mass is 704 g/mol. The third-order valence-electron chi connectivity index (χ3n) is 9.09. The lowest BCUT2D eigenvalue weighted by Gasteiger charge is -2.31. The smallest absolute Gasteiger partial charge is 0.220 e. The third kappa shape index (κ3) is 8.01. The van der Waals surface area contributed by atoms with Crippen LogP contribution in [0.5, 0.6) is 5.88 Å². The van der Waals surface area contributed by atoms with E-state index in [1.54, 1.807) is 37.3 Å². The number of likely N-dealkylation sites (tertiary alicyclic amines) is 1. The number of hydrogen-bond donors (Lipinski definition) is 4. The highest BCUT2D eigenvalue weighted by atomic mass is 35.5. The molecule has 5 heterocycles. The van der Waals surface area contributed by atoms with E-state index in [0.29, 0.717) is 67.5 Å². The van der Waals surface area contributed by atoms with E-state index in [2.05, 4.69) is 36.2 Å². The predicted molar refractivity (Wildman–Crippen MR) is 187 cm³/mol. The molecule has 0 radical (unpaired) electrons. The van der Waals surface area contributed by atoms with E-state index in [4.69, 9.17) is 16.3 Å². The molecule has 4 aromatic rings. The van der Waals surface area contributed by atoms with Gasteiger partial charge in [0.05, 0.1) is 23.5 Å². The van der Waals surface area contributed by atoms with Crippen molar-refractivity contribution in [2.75, 3.05) is 32.1 Å².